The molecule has 0 saturated carbocycles. The fourth-order valence-corrected chi connectivity index (χ4v) is 1.07. The number of benzene rings is 1. The highest BCUT2D eigenvalue weighted by molar-refractivity contribution is 5.73. The summed E-state index contributed by atoms with van der Waals surface area (Å²) in [7, 11) is 0. The molecule has 3 N–H and O–H groups in total. The maximum atomic E-state index is 12.7. The molecule has 0 spiro atoms. The minimum atomic E-state index is -0.470. The molecular formula is C10H12FNO3. The van der Waals surface area contributed by atoms with Gasteiger partial charge in [-0.25, -0.2) is 4.39 Å². The Labute approximate surface area is 86.5 Å². The fourth-order valence-electron chi connectivity index (χ4n) is 1.07. The van der Waals surface area contributed by atoms with Crippen LogP contribution in [-0.4, -0.2) is 17.6 Å². The molecule has 15 heavy (non-hydrogen) atoms. The van der Waals surface area contributed by atoms with E-state index in [1.54, 1.807) is 0 Å². The number of carbonyl (C=O) groups is 1. The van der Waals surface area contributed by atoms with Crippen LogP contribution in [0.2, 0.25) is 0 Å². The normalized spacial score (nSPS) is 10.0. The number of hydrogen-bond donors (Lipinski definition) is 2. The zero-order valence-corrected chi connectivity index (χ0v) is 8.07. The summed E-state index contributed by atoms with van der Waals surface area (Å²) in [5, 5.41) is 8.91. The summed E-state index contributed by atoms with van der Waals surface area (Å²) in [4.78, 5) is 10.4. The van der Waals surface area contributed by atoms with Gasteiger partial charge in [-0.1, -0.05) is 0 Å². The zero-order chi connectivity index (χ0) is 11.3. The van der Waals surface area contributed by atoms with Crippen LogP contribution >= 0.6 is 0 Å². The maximum absolute atomic E-state index is 12.7. The average molecular weight is 213 g/mol. The summed E-state index contributed by atoms with van der Waals surface area (Å²) >= 11 is 0. The maximum Gasteiger partial charge on any atom is 0.220 e. The first-order valence-corrected chi connectivity index (χ1v) is 4.44. The van der Waals surface area contributed by atoms with Gasteiger partial charge < -0.3 is 15.6 Å². The number of rotatable bonds is 5. The molecule has 0 aliphatic heterocycles. The van der Waals surface area contributed by atoms with Crippen LogP contribution in [0.3, 0.4) is 0 Å². The van der Waals surface area contributed by atoms with Gasteiger partial charge in [-0.3, -0.25) is 4.79 Å². The van der Waals surface area contributed by atoms with Crippen molar-refractivity contribution in [1.29, 1.82) is 0 Å². The first kappa shape index (κ1) is 11.5. The van der Waals surface area contributed by atoms with E-state index in [4.69, 9.17) is 15.6 Å². The first-order valence-electron chi connectivity index (χ1n) is 4.44. The SMILES string of the molecule is NC(=O)CCOc1ccc(F)cc1CO. The van der Waals surface area contributed by atoms with Gasteiger partial charge in [0.25, 0.3) is 0 Å². The van der Waals surface area contributed by atoms with Crippen molar-refractivity contribution in [1.82, 2.24) is 0 Å². The van der Waals surface area contributed by atoms with Crippen LogP contribution in [-0.2, 0) is 11.4 Å². The van der Waals surface area contributed by atoms with Crippen molar-refractivity contribution in [3.05, 3.63) is 29.6 Å². The van der Waals surface area contributed by atoms with Crippen molar-refractivity contribution in [2.24, 2.45) is 5.73 Å². The van der Waals surface area contributed by atoms with Gasteiger partial charge in [0.05, 0.1) is 19.6 Å². The largest absolute Gasteiger partial charge is 0.493 e. The molecule has 0 atom stereocenters. The molecule has 1 rings (SSSR count). The van der Waals surface area contributed by atoms with Gasteiger partial charge in [-0.2, -0.15) is 0 Å². The molecule has 0 aromatic heterocycles. The second-order valence-corrected chi connectivity index (χ2v) is 2.97. The van der Waals surface area contributed by atoms with Crippen molar-refractivity contribution in [3.63, 3.8) is 0 Å². The molecule has 0 unspecified atom stereocenters. The topological polar surface area (TPSA) is 72.6 Å². The van der Waals surface area contributed by atoms with E-state index in [-0.39, 0.29) is 19.6 Å². The molecule has 1 aromatic rings. The van der Waals surface area contributed by atoms with Crippen molar-refractivity contribution >= 4 is 5.91 Å². The number of primary amides is 1. The number of amides is 1. The van der Waals surface area contributed by atoms with E-state index in [9.17, 15) is 9.18 Å². The second kappa shape index (κ2) is 5.31. The Morgan fingerprint density at radius 2 is 2.27 bits per heavy atom. The summed E-state index contributed by atoms with van der Waals surface area (Å²) in [6.07, 6.45) is 0.0856. The summed E-state index contributed by atoms with van der Waals surface area (Å²) in [6.45, 7) is -0.197. The van der Waals surface area contributed by atoms with Gasteiger partial charge in [0, 0.05) is 5.56 Å². The molecule has 0 aliphatic rings. The van der Waals surface area contributed by atoms with Crippen LogP contribution in [0.15, 0.2) is 18.2 Å². The number of nitrogens with two attached hydrogens (primary N) is 1. The lowest BCUT2D eigenvalue weighted by Crippen LogP contribution is -2.15. The van der Waals surface area contributed by atoms with Crippen molar-refractivity contribution in [2.75, 3.05) is 6.61 Å². The van der Waals surface area contributed by atoms with E-state index >= 15 is 0 Å². The third kappa shape index (κ3) is 3.55. The molecule has 0 radical (unpaired) electrons. The van der Waals surface area contributed by atoms with Crippen LogP contribution < -0.4 is 10.5 Å². The standard InChI is InChI=1S/C10H12FNO3/c11-8-1-2-9(7(5-8)6-13)15-4-3-10(12)14/h1-2,5,13H,3-4,6H2,(H2,12,14). The van der Waals surface area contributed by atoms with Gasteiger partial charge in [-0.05, 0) is 18.2 Å². The lowest BCUT2D eigenvalue weighted by Gasteiger charge is -2.08. The van der Waals surface area contributed by atoms with E-state index in [0.29, 0.717) is 11.3 Å². The number of aliphatic hydroxyl groups is 1. The number of ether oxygens (including phenoxy) is 1. The molecule has 4 nitrogen and oxygen atoms in total. The first-order chi connectivity index (χ1) is 7.13. The quantitative estimate of drug-likeness (QED) is 0.751. The minimum Gasteiger partial charge on any atom is -0.493 e. The number of hydrogen-bond acceptors (Lipinski definition) is 3. The average Bonchev–Trinajstić information content (AvgIpc) is 2.19. The molecule has 0 heterocycles. The van der Waals surface area contributed by atoms with Crippen LogP contribution in [0.25, 0.3) is 0 Å². The molecule has 82 valence electrons. The highest BCUT2D eigenvalue weighted by atomic mass is 19.1. The molecule has 0 aliphatic carbocycles. The molecule has 1 amide bonds. The van der Waals surface area contributed by atoms with E-state index in [1.807, 2.05) is 0 Å². The summed E-state index contributed by atoms with van der Waals surface area (Å²) in [5.41, 5.74) is 5.27. The van der Waals surface area contributed by atoms with Crippen molar-refractivity contribution < 1.29 is 19.0 Å². The highest BCUT2D eigenvalue weighted by Crippen LogP contribution is 2.19. The number of carbonyl (C=O) groups excluding carboxylic acids is 1. The fraction of sp³-hybridized carbons (Fsp3) is 0.300. The summed E-state index contributed by atoms with van der Waals surface area (Å²) < 4.78 is 17.9. The summed E-state index contributed by atoms with van der Waals surface area (Å²) in [5.74, 6) is -0.552. The molecular weight excluding hydrogens is 201 g/mol. The smallest absolute Gasteiger partial charge is 0.220 e. The summed E-state index contributed by atoms with van der Waals surface area (Å²) in [6, 6.07) is 3.81. The van der Waals surface area contributed by atoms with E-state index in [1.165, 1.54) is 18.2 Å². The van der Waals surface area contributed by atoms with Crippen molar-refractivity contribution in [3.8, 4) is 5.75 Å². The lowest BCUT2D eigenvalue weighted by molar-refractivity contribution is -0.118. The van der Waals surface area contributed by atoms with Gasteiger partial charge in [0.1, 0.15) is 11.6 Å². The van der Waals surface area contributed by atoms with Crippen LogP contribution in [0, 0.1) is 5.82 Å². The predicted molar refractivity (Wildman–Crippen MR) is 51.6 cm³/mol. The monoisotopic (exact) mass is 213 g/mol. The lowest BCUT2D eigenvalue weighted by atomic mass is 10.2. The van der Waals surface area contributed by atoms with Crippen molar-refractivity contribution in [2.45, 2.75) is 13.0 Å². The van der Waals surface area contributed by atoms with Crippen LogP contribution in [0.5, 0.6) is 5.75 Å². The Morgan fingerprint density at radius 1 is 1.53 bits per heavy atom. The van der Waals surface area contributed by atoms with E-state index in [0.717, 1.165) is 0 Å². The molecule has 0 saturated heterocycles. The van der Waals surface area contributed by atoms with Gasteiger partial charge >= 0.3 is 0 Å². The Kier molecular flexibility index (Phi) is 4.05. The second-order valence-electron chi connectivity index (χ2n) is 2.97. The zero-order valence-electron chi connectivity index (χ0n) is 8.07. The third-order valence-corrected chi connectivity index (χ3v) is 1.80. The van der Waals surface area contributed by atoms with Gasteiger partial charge in [0.2, 0.25) is 5.91 Å². The molecule has 0 fully saturated rings. The molecule has 0 bridgehead atoms. The minimum absolute atomic E-state index is 0.0856. The van der Waals surface area contributed by atoms with E-state index < -0.39 is 11.7 Å². The Hall–Kier alpha value is -1.62. The van der Waals surface area contributed by atoms with Crippen LogP contribution in [0.4, 0.5) is 4.39 Å². The number of halogens is 1. The van der Waals surface area contributed by atoms with Gasteiger partial charge in [0.15, 0.2) is 0 Å². The Bertz CT molecular complexity index is 355. The Balaban J connectivity index is 2.63. The molecule has 5 heteroatoms. The Morgan fingerprint density at radius 3 is 2.87 bits per heavy atom. The highest BCUT2D eigenvalue weighted by Gasteiger charge is 2.04. The molecule has 1 aromatic carbocycles. The van der Waals surface area contributed by atoms with E-state index in [2.05, 4.69) is 0 Å². The predicted octanol–water partition coefficient (Wildman–Crippen LogP) is 0.572. The van der Waals surface area contributed by atoms with Gasteiger partial charge in [-0.15, -0.1) is 0 Å². The number of aliphatic hydroxyl groups excluding tert-OH is 1. The van der Waals surface area contributed by atoms with Crippen LogP contribution in [0.1, 0.15) is 12.0 Å². The third-order valence-electron chi connectivity index (χ3n) is 1.80.